The lowest BCUT2D eigenvalue weighted by atomic mass is 9.97. The molecule has 2 aliphatic rings. The smallest absolute Gasteiger partial charge is 0.0370 e. The zero-order valence-electron chi connectivity index (χ0n) is 16.7. The van der Waals surface area contributed by atoms with Gasteiger partial charge in [0.2, 0.25) is 0 Å². The molecule has 1 aliphatic heterocycles. The van der Waals surface area contributed by atoms with E-state index in [1.807, 2.05) is 13.8 Å². The summed E-state index contributed by atoms with van der Waals surface area (Å²) in [4.78, 5) is 7.28. The molecule has 0 spiro atoms. The number of anilines is 1. The Morgan fingerprint density at radius 1 is 1.04 bits per heavy atom. The van der Waals surface area contributed by atoms with Crippen molar-refractivity contribution in [3.63, 3.8) is 0 Å². The molecule has 1 aromatic carbocycles. The Balaban J connectivity index is 0.00000100. The number of hydrogen-bond donors (Lipinski definition) is 0. The van der Waals surface area contributed by atoms with Crippen molar-refractivity contribution in [2.45, 2.75) is 45.4 Å². The summed E-state index contributed by atoms with van der Waals surface area (Å²) in [6.45, 7) is 12.3. The van der Waals surface area contributed by atoms with Gasteiger partial charge in [-0.3, -0.25) is 0 Å². The maximum absolute atomic E-state index is 2.56. The average molecular weight is 332 g/mol. The fourth-order valence-electron chi connectivity index (χ4n) is 3.99. The molecule has 1 aromatic rings. The van der Waals surface area contributed by atoms with Crippen molar-refractivity contribution >= 4 is 5.69 Å². The molecule has 1 saturated heterocycles. The monoisotopic (exact) mass is 331 g/mol. The molecule has 0 amide bonds. The number of nitrogens with zero attached hydrogens (tertiary/aromatic N) is 3. The lowest BCUT2D eigenvalue weighted by Crippen LogP contribution is -2.44. The Hall–Kier alpha value is -1.06. The molecule has 0 unspecified atom stereocenters. The highest BCUT2D eigenvalue weighted by Gasteiger charge is 2.28. The minimum atomic E-state index is 0.717. The summed E-state index contributed by atoms with van der Waals surface area (Å²) < 4.78 is 0. The standard InChI is InChI=1S/C19H31N3.C2H6/c1-15-13-16(7-8-20(2)3)18-6-5-17(14-19(15)18)22-11-9-21(4)10-12-22;1-2/h5-6,14-16H,7-13H2,1-4H3;1-2H3/t15-,16-;/m1./s1. The topological polar surface area (TPSA) is 9.72 Å². The van der Waals surface area contributed by atoms with E-state index in [-0.39, 0.29) is 0 Å². The van der Waals surface area contributed by atoms with Gasteiger partial charge in [0.15, 0.2) is 0 Å². The number of piperazine rings is 1. The number of rotatable bonds is 4. The van der Waals surface area contributed by atoms with E-state index >= 15 is 0 Å². The molecule has 1 aliphatic carbocycles. The van der Waals surface area contributed by atoms with Crippen molar-refractivity contribution in [2.24, 2.45) is 0 Å². The highest BCUT2D eigenvalue weighted by molar-refractivity contribution is 5.54. The number of benzene rings is 1. The van der Waals surface area contributed by atoms with Crippen molar-refractivity contribution in [1.82, 2.24) is 9.80 Å². The van der Waals surface area contributed by atoms with Crippen molar-refractivity contribution in [1.29, 1.82) is 0 Å². The van der Waals surface area contributed by atoms with Crippen LogP contribution in [0.4, 0.5) is 5.69 Å². The first-order valence-corrected chi connectivity index (χ1v) is 9.76. The lowest BCUT2D eigenvalue weighted by molar-refractivity contribution is 0.313. The molecule has 0 bridgehead atoms. The van der Waals surface area contributed by atoms with E-state index < -0.39 is 0 Å². The van der Waals surface area contributed by atoms with Crippen molar-refractivity contribution in [3.05, 3.63) is 29.3 Å². The van der Waals surface area contributed by atoms with Crippen LogP contribution in [0.15, 0.2) is 18.2 Å². The molecule has 3 rings (SSSR count). The van der Waals surface area contributed by atoms with Crippen LogP contribution in [0.5, 0.6) is 0 Å². The molecular weight excluding hydrogens is 294 g/mol. The van der Waals surface area contributed by atoms with Crippen LogP contribution in [-0.4, -0.2) is 63.7 Å². The van der Waals surface area contributed by atoms with E-state index in [0.717, 1.165) is 24.9 Å². The van der Waals surface area contributed by atoms with E-state index in [2.05, 4.69) is 61.0 Å². The highest BCUT2D eigenvalue weighted by Crippen LogP contribution is 2.44. The molecule has 2 atom stereocenters. The SMILES string of the molecule is CC.C[C@@H]1C[C@@H](CCN(C)C)c2ccc(N3CCN(C)CC3)cc21. The normalized spacial score (nSPS) is 23.9. The largest absolute Gasteiger partial charge is 0.369 e. The molecule has 24 heavy (non-hydrogen) atoms. The summed E-state index contributed by atoms with van der Waals surface area (Å²) in [5.74, 6) is 1.48. The zero-order chi connectivity index (χ0) is 17.7. The van der Waals surface area contributed by atoms with Crippen LogP contribution in [0.25, 0.3) is 0 Å². The third-order valence-corrected chi connectivity index (χ3v) is 5.47. The fraction of sp³-hybridized carbons (Fsp3) is 0.714. The summed E-state index contributed by atoms with van der Waals surface area (Å²) in [6, 6.07) is 7.28. The third-order valence-electron chi connectivity index (χ3n) is 5.47. The Bertz CT molecular complexity index is 504. The van der Waals surface area contributed by atoms with Gasteiger partial charge in [0, 0.05) is 31.9 Å². The van der Waals surface area contributed by atoms with Crippen LogP contribution in [0.2, 0.25) is 0 Å². The van der Waals surface area contributed by atoms with Gasteiger partial charge in [-0.1, -0.05) is 26.8 Å². The summed E-state index contributed by atoms with van der Waals surface area (Å²) in [5.41, 5.74) is 4.67. The predicted molar refractivity (Wildman–Crippen MR) is 106 cm³/mol. The minimum absolute atomic E-state index is 0.717. The van der Waals surface area contributed by atoms with Crippen molar-refractivity contribution < 1.29 is 0 Å². The van der Waals surface area contributed by atoms with E-state index in [1.54, 1.807) is 11.1 Å². The molecule has 0 radical (unpaired) electrons. The quantitative estimate of drug-likeness (QED) is 0.825. The second-order valence-electron chi connectivity index (χ2n) is 7.53. The number of likely N-dealkylation sites (N-methyl/N-ethyl adjacent to an activating group) is 1. The molecule has 136 valence electrons. The summed E-state index contributed by atoms with van der Waals surface area (Å²) in [7, 11) is 6.57. The Morgan fingerprint density at radius 2 is 1.71 bits per heavy atom. The average Bonchev–Trinajstić information content (AvgIpc) is 2.91. The molecule has 0 saturated carbocycles. The first kappa shape index (κ1) is 19.3. The summed E-state index contributed by atoms with van der Waals surface area (Å²) >= 11 is 0. The van der Waals surface area contributed by atoms with Crippen LogP contribution in [0.1, 0.15) is 56.6 Å². The molecule has 1 fully saturated rings. The van der Waals surface area contributed by atoms with E-state index in [1.165, 1.54) is 38.2 Å². The van der Waals surface area contributed by atoms with Gasteiger partial charge in [-0.25, -0.2) is 0 Å². The first-order valence-electron chi connectivity index (χ1n) is 9.76. The Labute approximate surface area is 149 Å². The highest BCUT2D eigenvalue weighted by atomic mass is 15.2. The third kappa shape index (κ3) is 4.52. The molecule has 1 heterocycles. The molecular formula is C21H37N3. The Morgan fingerprint density at radius 3 is 2.33 bits per heavy atom. The first-order chi connectivity index (χ1) is 11.5. The Kier molecular flexibility index (Phi) is 7.12. The minimum Gasteiger partial charge on any atom is -0.369 e. The van der Waals surface area contributed by atoms with Gasteiger partial charge < -0.3 is 14.7 Å². The molecule has 0 N–H and O–H groups in total. The maximum atomic E-state index is 2.56. The number of fused-ring (bicyclic) bond motifs is 1. The van der Waals surface area contributed by atoms with Crippen molar-refractivity contribution in [2.75, 3.05) is 58.8 Å². The van der Waals surface area contributed by atoms with Gasteiger partial charge in [-0.2, -0.15) is 0 Å². The van der Waals surface area contributed by atoms with Crippen LogP contribution >= 0.6 is 0 Å². The van der Waals surface area contributed by atoms with E-state index in [4.69, 9.17) is 0 Å². The van der Waals surface area contributed by atoms with Gasteiger partial charge in [0.25, 0.3) is 0 Å². The molecule has 3 nitrogen and oxygen atoms in total. The van der Waals surface area contributed by atoms with Crippen LogP contribution < -0.4 is 4.90 Å². The van der Waals surface area contributed by atoms with Gasteiger partial charge in [0.1, 0.15) is 0 Å². The summed E-state index contributed by atoms with van der Waals surface area (Å²) in [5, 5.41) is 0. The van der Waals surface area contributed by atoms with E-state index in [0.29, 0.717) is 0 Å². The van der Waals surface area contributed by atoms with Crippen molar-refractivity contribution in [3.8, 4) is 0 Å². The molecule has 0 aromatic heterocycles. The maximum Gasteiger partial charge on any atom is 0.0370 e. The van der Waals surface area contributed by atoms with Crippen LogP contribution in [-0.2, 0) is 0 Å². The zero-order valence-corrected chi connectivity index (χ0v) is 16.7. The van der Waals surface area contributed by atoms with Gasteiger partial charge >= 0.3 is 0 Å². The fourth-order valence-corrected chi connectivity index (χ4v) is 3.99. The number of hydrogen-bond acceptors (Lipinski definition) is 3. The van der Waals surface area contributed by atoms with Crippen LogP contribution in [0.3, 0.4) is 0 Å². The van der Waals surface area contributed by atoms with Gasteiger partial charge in [-0.05, 0) is 75.6 Å². The summed E-state index contributed by atoms with van der Waals surface area (Å²) in [6.07, 6.45) is 2.62. The van der Waals surface area contributed by atoms with Crippen LogP contribution in [0, 0.1) is 0 Å². The lowest BCUT2D eigenvalue weighted by Gasteiger charge is -2.34. The molecule has 3 heteroatoms. The van der Waals surface area contributed by atoms with Gasteiger partial charge in [-0.15, -0.1) is 0 Å². The second kappa shape index (κ2) is 8.87. The predicted octanol–water partition coefficient (Wildman–Crippen LogP) is 4.01. The second-order valence-corrected chi connectivity index (χ2v) is 7.53. The van der Waals surface area contributed by atoms with Gasteiger partial charge in [0.05, 0.1) is 0 Å². The van der Waals surface area contributed by atoms with E-state index in [9.17, 15) is 0 Å².